The molecule has 1 fully saturated rings. The molecule has 0 aromatic heterocycles. The summed E-state index contributed by atoms with van der Waals surface area (Å²) in [6.45, 7) is 5.67. The second-order valence-corrected chi connectivity index (χ2v) is 5.21. The Morgan fingerprint density at radius 3 is 2.65 bits per heavy atom. The van der Waals surface area contributed by atoms with Crippen molar-refractivity contribution in [2.75, 3.05) is 18.8 Å². The maximum absolute atomic E-state index is 6.01. The average molecular weight is 232 g/mol. The van der Waals surface area contributed by atoms with E-state index in [0.717, 1.165) is 18.2 Å². The van der Waals surface area contributed by atoms with Gasteiger partial charge in [0.15, 0.2) is 0 Å². The molecule has 0 atom stereocenters. The zero-order valence-electron chi connectivity index (χ0n) is 10.9. The minimum absolute atomic E-state index is 0.931. The molecule has 0 spiro atoms. The standard InChI is InChI=1S/C15H24N2/c1-2-10-17(11-9-13-7-8-13)12-14-5-3-4-6-15(14)16/h3-6,13H,2,7-12,16H2,1H3. The molecular formula is C15H24N2. The number of rotatable bonds is 7. The molecule has 2 N–H and O–H groups in total. The summed E-state index contributed by atoms with van der Waals surface area (Å²) in [7, 11) is 0. The third-order valence-corrected chi connectivity index (χ3v) is 3.54. The summed E-state index contributed by atoms with van der Waals surface area (Å²) >= 11 is 0. The maximum atomic E-state index is 6.01. The van der Waals surface area contributed by atoms with E-state index in [4.69, 9.17) is 5.73 Å². The third kappa shape index (κ3) is 4.04. The van der Waals surface area contributed by atoms with E-state index in [1.165, 1.54) is 44.3 Å². The summed E-state index contributed by atoms with van der Waals surface area (Å²) in [6, 6.07) is 8.24. The van der Waals surface area contributed by atoms with Crippen LogP contribution in [0.25, 0.3) is 0 Å². The van der Waals surface area contributed by atoms with E-state index in [2.05, 4.69) is 24.0 Å². The number of nitrogens with two attached hydrogens (primary N) is 1. The Bertz CT molecular complexity index is 345. The van der Waals surface area contributed by atoms with Gasteiger partial charge in [0.05, 0.1) is 0 Å². The Balaban J connectivity index is 1.88. The van der Waals surface area contributed by atoms with Gasteiger partial charge in [0.1, 0.15) is 0 Å². The van der Waals surface area contributed by atoms with Crippen molar-refractivity contribution >= 4 is 5.69 Å². The first-order valence-electron chi connectivity index (χ1n) is 6.85. The maximum Gasteiger partial charge on any atom is 0.0359 e. The first-order chi connectivity index (χ1) is 8.29. The largest absolute Gasteiger partial charge is 0.398 e. The molecule has 94 valence electrons. The molecule has 1 saturated carbocycles. The van der Waals surface area contributed by atoms with Crippen molar-refractivity contribution in [2.24, 2.45) is 5.92 Å². The lowest BCUT2D eigenvalue weighted by Crippen LogP contribution is -2.26. The fourth-order valence-electron chi connectivity index (χ4n) is 2.28. The van der Waals surface area contributed by atoms with Crippen molar-refractivity contribution in [1.82, 2.24) is 4.90 Å². The van der Waals surface area contributed by atoms with Crippen LogP contribution in [0.1, 0.15) is 38.2 Å². The molecule has 0 aliphatic heterocycles. The molecule has 0 amide bonds. The predicted molar refractivity (Wildman–Crippen MR) is 73.8 cm³/mol. The number of anilines is 1. The van der Waals surface area contributed by atoms with E-state index in [1.807, 2.05) is 12.1 Å². The van der Waals surface area contributed by atoms with Crippen molar-refractivity contribution in [2.45, 2.75) is 39.2 Å². The molecule has 1 aliphatic carbocycles. The Hall–Kier alpha value is -1.02. The highest BCUT2D eigenvalue weighted by Gasteiger charge is 2.21. The molecule has 2 rings (SSSR count). The molecule has 0 unspecified atom stereocenters. The Kier molecular flexibility index (Phi) is 4.43. The minimum Gasteiger partial charge on any atom is -0.398 e. The topological polar surface area (TPSA) is 29.3 Å². The van der Waals surface area contributed by atoms with Crippen LogP contribution in [0.15, 0.2) is 24.3 Å². The van der Waals surface area contributed by atoms with Gasteiger partial charge in [-0.15, -0.1) is 0 Å². The van der Waals surface area contributed by atoms with E-state index >= 15 is 0 Å². The highest BCUT2D eigenvalue weighted by molar-refractivity contribution is 5.46. The summed E-state index contributed by atoms with van der Waals surface area (Å²) in [4.78, 5) is 2.55. The number of hydrogen-bond acceptors (Lipinski definition) is 2. The van der Waals surface area contributed by atoms with Crippen LogP contribution in [0.4, 0.5) is 5.69 Å². The molecule has 1 aromatic rings. The van der Waals surface area contributed by atoms with Crippen molar-refractivity contribution in [3.8, 4) is 0 Å². The van der Waals surface area contributed by atoms with Gasteiger partial charge < -0.3 is 5.73 Å². The van der Waals surface area contributed by atoms with Crippen LogP contribution in [0.5, 0.6) is 0 Å². The molecule has 2 nitrogen and oxygen atoms in total. The van der Waals surface area contributed by atoms with Crippen LogP contribution in [0.2, 0.25) is 0 Å². The molecule has 1 aromatic carbocycles. The Morgan fingerprint density at radius 1 is 1.24 bits per heavy atom. The lowest BCUT2D eigenvalue weighted by atomic mass is 10.1. The van der Waals surface area contributed by atoms with Crippen LogP contribution in [0, 0.1) is 5.92 Å². The van der Waals surface area contributed by atoms with E-state index in [1.54, 1.807) is 0 Å². The molecule has 2 heteroatoms. The Labute approximate surface area is 105 Å². The first kappa shape index (κ1) is 12.4. The molecule has 0 bridgehead atoms. The predicted octanol–water partition coefficient (Wildman–Crippen LogP) is 3.28. The van der Waals surface area contributed by atoms with Gasteiger partial charge in [0.2, 0.25) is 0 Å². The minimum atomic E-state index is 0.931. The fraction of sp³-hybridized carbons (Fsp3) is 0.600. The highest BCUT2D eigenvalue weighted by Crippen LogP contribution is 2.32. The zero-order chi connectivity index (χ0) is 12.1. The van der Waals surface area contributed by atoms with Crippen molar-refractivity contribution < 1.29 is 0 Å². The van der Waals surface area contributed by atoms with E-state index < -0.39 is 0 Å². The third-order valence-electron chi connectivity index (χ3n) is 3.54. The van der Waals surface area contributed by atoms with Crippen molar-refractivity contribution in [3.63, 3.8) is 0 Å². The van der Waals surface area contributed by atoms with Crippen LogP contribution < -0.4 is 5.73 Å². The average Bonchev–Trinajstić information content (AvgIpc) is 3.13. The second-order valence-electron chi connectivity index (χ2n) is 5.21. The monoisotopic (exact) mass is 232 g/mol. The summed E-state index contributed by atoms with van der Waals surface area (Å²) in [5.74, 6) is 1.02. The zero-order valence-corrected chi connectivity index (χ0v) is 10.9. The fourth-order valence-corrected chi connectivity index (χ4v) is 2.28. The van der Waals surface area contributed by atoms with Gasteiger partial charge in [-0.3, -0.25) is 4.90 Å². The van der Waals surface area contributed by atoms with Gasteiger partial charge in [-0.05, 0) is 43.5 Å². The van der Waals surface area contributed by atoms with Crippen LogP contribution in [-0.4, -0.2) is 18.0 Å². The van der Waals surface area contributed by atoms with Gasteiger partial charge >= 0.3 is 0 Å². The van der Waals surface area contributed by atoms with Crippen molar-refractivity contribution in [3.05, 3.63) is 29.8 Å². The normalized spacial score (nSPS) is 15.4. The van der Waals surface area contributed by atoms with Crippen LogP contribution >= 0.6 is 0 Å². The Morgan fingerprint density at radius 2 is 2.00 bits per heavy atom. The van der Waals surface area contributed by atoms with E-state index in [9.17, 15) is 0 Å². The molecule has 0 saturated heterocycles. The SMILES string of the molecule is CCCN(CCC1CC1)Cc1ccccc1N. The number of benzene rings is 1. The van der Waals surface area contributed by atoms with E-state index in [-0.39, 0.29) is 0 Å². The van der Waals surface area contributed by atoms with Gasteiger partial charge in [-0.1, -0.05) is 38.0 Å². The second kappa shape index (κ2) is 6.06. The lowest BCUT2D eigenvalue weighted by Gasteiger charge is -2.22. The number of para-hydroxylation sites is 1. The van der Waals surface area contributed by atoms with E-state index in [0.29, 0.717) is 0 Å². The van der Waals surface area contributed by atoms with Crippen LogP contribution in [-0.2, 0) is 6.54 Å². The lowest BCUT2D eigenvalue weighted by molar-refractivity contribution is 0.258. The molecule has 1 aliphatic rings. The van der Waals surface area contributed by atoms with Gasteiger partial charge in [-0.25, -0.2) is 0 Å². The van der Waals surface area contributed by atoms with Gasteiger partial charge in [0, 0.05) is 12.2 Å². The number of hydrogen-bond donors (Lipinski definition) is 1. The highest BCUT2D eigenvalue weighted by atomic mass is 15.1. The summed E-state index contributed by atoms with van der Waals surface area (Å²) in [5.41, 5.74) is 8.21. The first-order valence-corrected chi connectivity index (χ1v) is 6.85. The molecule has 17 heavy (non-hydrogen) atoms. The summed E-state index contributed by atoms with van der Waals surface area (Å²) in [5, 5.41) is 0. The number of nitrogen functional groups attached to an aromatic ring is 1. The smallest absolute Gasteiger partial charge is 0.0359 e. The molecular weight excluding hydrogens is 208 g/mol. The summed E-state index contributed by atoms with van der Waals surface area (Å²) < 4.78 is 0. The van der Waals surface area contributed by atoms with Gasteiger partial charge in [0.25, 0.3) is 0 Å². The molecule has 0 radical (unpaired) electrons. The quantitative estimate of drug-likeness (QED) is 0.731. The molecule has 0 heterocycles. The summed E-state index contributed by atoms with van der Waals surface area (Å²) in [6.07, 6.45) is 5.49. The van der Waals surface area contributed by atoms with Crippen molar-refractivity contribution in [1.29, 1.82) is 0 Å². The van der Waals surface area contributed by atoms with Gasteiger partial charge in [-0.2, -0.15) is 0 Å². The number of nitrogens with zero attached hydrogens (tertiary/aromatic N) is 1. The van der Waals surface area contributed by atoms with Crippen LogP contribution in [0.3, 0.4) is 0 Å².